The third-order valence-electron chi connectivity index (χ3n) is 3.41. The van der Waals surface area contributed by atoms with Gasteiger partial charge in [-0.3, -0.25) is 9.00 Å². The lowest BCUT2D eigenvalue weighted by atomic mass is 10.1. The first-order valence-electron chi connectivity index (χ1n) is 6.19. The summed E-state index contributed by atoms with van der Waals surface area (Å²) in [6.07, 6.45) is 2.38. The molecule has 1 saturated carbocycles. The third-order valence-corrected chi connectivity index (χ3v) is 5.72. The number of rotatable bonds is 6. The van der Waals surface area contributed by atoms with E-state index in [2.05, 4.69) is 22.6 Å². The maximum absolute atomic E-state index is 12.2. The zero-order valence-electron chi connectivity index (χ0n) is 10.9. The van der Waals surface area contributed by atoms with Crippen LogP contribution in [0.5, 0.6) is 0 Å². The van der Waals surface area contributed by atoms with Crippen molar-refractivity contribution in [3.05, 3.63) is 33.4 Å². The molecular weight excluding hydrogens is 375 g/mol. The molecule has 5 heteroatoms. The Balaban J connectivity index is 1.87. The SMILES string of the molecule is COC(=O)CC1(CS(=O)Cc2ccc(I)cc2)CC1. The Hall–Kier alpha value is -0.430. The Morgan fingerprint density at radius 2 is 2.00 bits per heavy atom. The normalized spacial score (nSPS) is 17.8. The van der Waals surface area contributed by atoms with Gasteiger partial charge in [0.1, 0.15) is 0 Å². The van der Waals surface area contributed by atoms with Gasteiger partial charge in [0.15, 0.2) is 0 Å². The largest absolute Gasteiger partial charge is 0.469 e. The molecule has 3 nitrogen and oxygen atoms in total. The van der Waals surface area contributed by atoms with E-state index >= 15 is 0 Å². The van der Waals surface area contributed by atoms with Crippen LogP contribution >= 0.6 is 22.6 Å². The Labute approximate surface area is 129 Å². The second kappa shape index (κ2) is 6.35. The number of benzene rings is 1. The number of carbonyl (C=O) groups excluding carboxylic acids is 1. The summed E-state index contributed by atoms with van der Waals surface area (Å²) in [5.41, 5.74) is 1.04. The summed E-state index contributed by atoms with van der Waals surface area (Å²) in [5.74, 6) is 0.984. The van der Waals surface area contributed by atoms with Gasteiger partial charge in [-0.25, -0.2) is 0 Å². The summed E-state index contributed by atoms with van der Waals surface area (Å²) < 4.78 is 18.1. The summed E-state index contributed by atoms with van der Waals surface area (Å²) >= 11 is 2.25. The predicted molar refractivity (Wildman–Crippen MR) is 84.2 cm³/mol. The summed E-state index contributed by atoms with van der Waals surface area (Å²) in [4.78, 5) is 11.3. The highest BCUT2D eigenvalue weighted by atomic mass is 127. The molecule has 0 radical (unpaired) electrons. The van der Waals surface area contributed by atoms with E-state index in [-0.39, 0.29) is 11.4 Å². The molecular formula is C14H17IO3S. The Kier molecular flexibility index (Phi) is 5.00. The van der Waals surface area contributed by atoms with Crippen LogP contribution in [0.15, 0.2) is 24.3 Å². The standard InChI is InChI=1S/C14H17IO3S/c1-18-13(16)8-14(6-7-14)10-19(17)9-11-2-4-12(15)5-3-11/h2-5H,6-10H2,1H3. The van der Waals surface area contributed by atoms with Crippen LogP contribution in [0.25, 0.3) is 0 Å². The van der Waals surface area contributed by atoms with Gasteiger partial charge in [-0.05, 0) is 58.5 Å². The van der Waals surface area contributed by atoms with Crippen molar-refractivity contribution in [3.63, 3.8) is 0 Å². The van der Waals surface area contributed by atoms with Gasteiger partial charge in [-0.15, -0.1) is 0 Å². The first kappa shape index (κ1) is 15.0. The van der Waals surface area contributed by atoms with Crippen molar-refractivity contribution >= 4 is 39.4 Å². The van der Waals surface area contributed by atoms with Crippen molar-refractivity contribution in [1.29, 1.82) is 0 Å². The second-order valence-electron chi connectivity index (χ2n) is 5.11. The summed E-state index contributed by atoms with van der Waals surface area (Å²) in [6, 6.07) is 8.07. The molecule has 1 unspecified atom stereocenters. The molecule has 1 aliphatic rings. The molecule has 1 aromatic carbocycles. The van der Waals surface area contributed by atoms with Crippen molar-refractivity contribution in [3.8, 4) is 0 Å². The number of carbonyl (C=O) groups is 1. The van der Waals surface area contributed by atoms with Crippen molar-refractivity contribution < 1.29 is 13.7 Å². The van der Waals surface area contributed by atoms with Gasteiger partial charge in [0, 0.05) is 25.9 Å². The maximum Gasteiger partial charge on any atom is 0.306 e. The van der Waals surface area contributed by atoms with Crippen molar-refractivity contribution in [2.75, 3.05) is 12.9 Å². The predicted octanol–water partition coefficient (Wildman–Crippen LogP) is 2.88. The number of methoxy groups -OCH3 is 1. The van der Waals surface area contributed by atoms with E-state index in [0.717, 1.165) is 18.4 Å². The van der Waals surface area contributed by atoms with E-state index in [1.165, 1.54) is 10.7 Å². The number of halogens is 1. The molecule has 0 N–H and O–H groups in total. The molecule has 19 heavy (non-hydrogen) atoms. The molecule has 0 heterocycles. The highest BCUT2D eigenvalue weighted by Gasteiger charge is 2.45. The monoisotopic (exact) mass is 392 g/mol. The zero-order chi connectivity index (χ0) is 13.9. The molecule has 0 spiro atoms. The van der Waals surface area contributed by atoms with E-state index in [9.17, 15) is 9.00 Å². The van der Waals surface area contributed by atoms with Crippen molar-refractivity contribution in [2.24, 2.45) is 5.41 Å². The maximum atomic E-state index is 12.2. The molecule has 0 aliphatic heterocycles. The molecule has 1 fully saturated rings. The highest BCUT2D eigenvalue weighted by molar-refractivity contribution is 14.1. The van der Waals surface area contributed by atoms with Gasteiger partial charge < -0.3 is 4.74 Å². The fraction of sp³-hybridized carbons (Fsp3) is 0.500. The van der Waals surface area contributed by atoms with Crippen LogP contribution in [0.1, 0.15) is 24.8 Å². The third kappa shape index (κ3) is 4.56. The molecule has 104 valence electrons. The lowest BCUT2D eigenvalue weighted by Gasteiger charge is -2.13. The smallest absolute Gasteiger partial charge is 0.306 e. The summed E-state index contributed by atoms with van der Waals surface area (Å²) in [7, 11) is 0.491. The van der Waals surface area contributed by atoms with Gasteiger partial charge in [0.25, 0.3) is 0 Å². The van der Waals surface area contributed by atoms with Crippen molar-refractivity contribution in [1.82, 2.24) is 0 Å². The molecule has 2 rings (SSSR count). The number of hydrogen-bond acceptors (Lipinski definition) is 3. The molecule has 0 aromatic heterocycles. The number of hydrogen-bond donors (Lipinski definition) is 0. The summed E-state index contributed by atoms with van der Waals surface area (Å²) in [5, 5.41) is 0. The average Bonchev–Trinajstić information content (AvgIpc) is 3.11. The molecule has 1 atom stereocenters. The van der Waals surface area contributed by atoms with E-state index in [0.29, 0.717) is 17.9 Å². The van der Waals surface area contributed by atoms with Crippen LogP contribution < -0.4 is 0 Å². The minimum atomic E-state index is -0.913. The van der Waals surface area contributed by atoms with Gasteiger partial charge in [0.05, 0.1) is 13.5 Å². The Morgan fingerprint density at radius 1 is 1.37 bits per heavy atom. The minimum Gasteiger partial charge on any atom is -0.469 e. The average molecular weight is 392 g/mol. The van der Waals surface area contributed by atoms with Gasteiger partial charge in [-0.1, -0.05) is 12.1 Å². The molecule has 1 aromatic rings. The topological polar surface area (TPSA) is 43.4 Å². The zero-order valence-corrected chi connectivity index (χ0v) is 13.8. The van der Waals surface area contributed by atoms with Crippen LogP contribution in [0, 0.1) is 8.99 Å². The van der Waals surface area contributed by atoms with Crippen LogP contribution in [-0.4, -0.2) is 23.0 Å². The van der Waals surface area contributed by atoms with E-state index in [1.54, 1.807) is 0 Å². The number of esters is 1. The first-order valence-corrected chi connectivity index (χ1v) is 8.76. The number of ether oxygens (including phenoxy) is 1. The Morgan fingerprint density at radius 3 is 2.53 bits per heavy atom. The molecule has 0 saturated heterocycles. The molecule has 0 amide bonds. The van der Waals surface area contributed by atoms with Gasteiger partial charge >= 0.3 is 5.97 Å². The van der Waals surface area contributed by atoms with Crippen LogP contribution in [0.3, 0.4) is 0 Å². The van der Waals surface area contributed by atoms with Crippen LogP contribution in [0.4, 0.5) is 0 Å². The Bertz CT molecular complexity index is 480. The van der Waals surface area contributed by atoms with E-state index < -0.39 is 10.8 Å². The van der Waals surface area contributed by atoms with Gasteiger partial charge in [-0.2, -0.15) is 0 Å². The fourth-order valence-corrected chi connectivity index (χ4v) is 4.19. The van der Waals surface area contributed by atoms with E-state index in [4.69, 9.17) is 4.74 Å². The highest BCUT2D eigenvalue weighted by Crippen LogP contribution is 2.49. The van der Waals surface area contributed by atoms with Gasteiger partial charge in [0.2, 0.25) is 0 Å². The molecule has 0 bridgehead atoms. The molecule has 1 aliphatic carbocycles. The quantitative estimate of drug-likeness (QED) is 0.553. The lowest BCUT2D eigenvalue weighted by molar-refractivity contribution is -0.141. The first-order chi connectivity index (χ1) is 9.03. The van der Waals surface area contributed by atoms with Crippen LogP contribution in [-0.2, 0) is 26.1 Å². The summed E-state index contributed by atoms with van der Waals surface area (Å²) in [6.45, 7) is 0. The van der Waals surface area contributed by atoms with Crippen LogP contribution in [0.2, 0.25) is 0 Å². The second-order valence-corrected chi connectivity index (χ2v) is 7.81. The van der Waals surface area contributed by atoms with Crippen molar-refractivity contribution in [2.45, 2.75) is 25.0 Å². The fourth-order valence-electron chi connectivity index (χ4n) is 2.09. The van der Waals surface area contributed by atoms with E-state index in [1.807, 2.05) is 24.3 Å². The lowest BCUT2D eigenvalue weighted by Crippen LogP contribution is -2.18. The minimum absolute atomic E-state index is 0.0544.